The number of amides is 1. The Morgan fingerprint density at radius 1 is 1.18 bits per heavy atom. The van der Waals surface area contributed by atoms with E-state index in [9.17, 15) is 18.0 Å². The number of aromatic nitrogens is 3. The molecule has 0 aromatic carbocycles. The van der Waals surface area contributed by atoms with Gasteiger partial charge in [-0.1, -0.05) is 0 Å². The molecule has 0 spiro atoms. The lowest BCUT2D eigenvalue weighted by molar-refractivity contribution is -0.137. The van der Waals surface area contributed by atoms with Crippen LogP contribution in [0.4, 0.5) is 30.6 Å². The number of rotatable bonds is 5. The lowest BCUT2D eigenvalue weighted by Crippen LogP contribution is -2.44. The summed E-state index contributed by atoms with van der Waals surface area (Å²) < 4.78 is 42.1. The summed E-state index contributed by atoms with van der Waals surface area (Å²) in [5, 5.41) is 6.67. The van der Waals surface area contributed by atoms with E-state index in [2.05, 4.69) is 31.6 Å². The summed E-state index contributed by atoms with van der Waals surface area (Å²) in [6.45, 7) is 2.47. The van der Waals surface area contributed by atoms with Crippen LogP contribution in [0, 0.1) is 0 Å². The molecular weight excluding hydrogens is 547 g/mol. The zero-order valence-electron chi connectivity index (χ0n) is 21.1. The van der Waals surface area contributed by atoms with Gasteiger partial charge in [0, 0.05) is 55.6 Å². The van der Waals surface area contributed by atoms with E-state index >= 15 is 0 Å². The van der Waals surface area contributed by atoms with Crippen LogP contribution in [-0.4, -0.2) is 70.3 Å². The van der Waals surface area contributed by atoms with Gasteiger partial charge in [-0.2, -0.15) is 13.2 Å². The van der Waals surface area contributed by atoms with Crippen LogP contribution < -0.4 is 15.5 Å². The average molecular weight is 574 g/mol. The highest BCUT2D eigenvalue weighted by Crippen LogP contribution is 2.46. The van der Waals surface area contributed by atoms with Gasteiger partial charge in [-0.25, -0.2) is 15.0 Å². The Hall–Kier alpha value is -2.90. The van der Waals surface area contributed by atoms with Crippen molar-refractivity contribution in [1.82, 2.24) is 25.2 Å². The number of nitrogens with one attached hydrogen (secondary N) is 2. The maximum Gasteiger partial charge on any atom is 0.420 e. The van der Waals surface area contributed by atoms with E-state index in [1.54, 1.807) is 24.2 Å². The third kappa shape index (κ3) is 4.63. The second-order valence-electron chi connectivity index (χ2n) is 10.5. The van der Waals surface area contributed by atoms with Gasteiger partial charge in [0.1, 0.15) is 16.3 Å². The Morgan fingerprint density at radius 2 is 2.03 bits per heavy atom. The normalized spacial score (nSPS) is 22.8. The smallest absolute Gasteiger partial charge is 0.351 e. The van der Waals surface area contributed by atoms with Crippen LogP contribution in [0.2, 0.25) is 0 Å². The van der Waals surface area contributed by atoms with E-state index in [-0.39, 0.29) is 17.5 Å². The van der Waals surface area contributed by atoms with Crippen molar-refractivity contribution >= 4 is 46.5 Å². The molecule has 3 fully saturated rings. The zero-order chi connectivity index (χ0) is 26.9. The van der Waals surface area contributed by atoms with E-state index in [0.717, 1.165) is 61.3 Å². The summed E-state index contributed by atoms with van der Waals surface area (Å²) >= 11 is 2.52. The lowest BCUT2D eigenvalue weighted by Gasteiger charge is -2.29. The predicted molar refractivity (Wildman–Crippen MR) is 145 cm³/mol. The topological polar surface area (TPSA) is 86.3 Å². The van der Waals surface area contributed by atoms with Gasteiger partial charge >= 0.3 is 6.18 Å². The molecule has 3 aromatic rings. The van der Waals surface area contributed by atoms with Crippen molar-refractivity contribution in [3.8, 4) is 10.6 Å². The molecule has 2 N–H and O–H groups in total. The molecule has 2 saturated heterocycles. The molecule has 13 heteroatoms. The van der Waals surface area contributed by atoms with E-state index < -0.39 is 11.7 Å². The third-order valence-corrected chi connectivity index (χ3v) is 10.1. The number of carbonyl (C=O) groups excluding carboxylic acids is 1. The zero-order valence-corrected chi connectivity index (χ0v) is 22.7. The second kappa shape index (κ2) is 9.34. The highest BCUT2D eigenvalue weighted by Gasteiger charge is 2.39. The minimum atomic E-state index is -4.64. The quantitative estimate of drug-likeness (QED) is 0.443. The molecule has 204 valence electrons. The number of nitrogens with zero attached hydrogens (tertiary/aromatic N) is 5. The fourth-order valence-electron chi connectivity index (χ4n) is 5.57. The number of hydrogen-bond acceptors (Lipinski definition) is 9. The first-order chi connectivity index (χ1) is 18.7. The van der Waals surface area contributed by atoms with Crippen LogP contribution in [0.15, 0.2) is 29.4 Å². The van der Waals surface area contributed by atoms with Crippen LogP contribution in [0.3, 0.4) is 0 Å². The van der Waals surface area contributed by atoms with Crippen molar-refractivity contribution < 1.29 is 18.0 Å². The number of thioether (sulfide) groups is 1. The number of alkyl halides is 3. The molecule has 39 heavy (non-hydrogen) atoms. The fourth-order valence-corrected chi connectivity index (χ4v) is 8.00. The first-order valence-corrected chi connectivity index (χ1v) is 14.8. The van der Waals surface area contributed by atoms with Crippen molar-refractivity contribution in [3.63, 3.8) is 0 Å². The molecule has 2 bridgehead atoms. The summed E-state index contributed by atoms with van der Waals surface area (Å²) in [5.74, 6) is 1.89. The predicted octanol–water partition coefficient (Wildman–Crippen LogP) is 4.97. The van der Waals surface area contributed by atoms with Gasteiger partial charge < -0.3 is 20.4 Å². The monoisotopic (exact) mass is 573 g/mol. The molecule has 2 atom stereocenters. The minimum Gasteiger partial charge on any atom is -0.351 e. The standard InChI is InChI=1S/C26H26F3N7OS2/c1-35-4-5-38-20-8-19(39-23(20)24(35)37)22-17(26(27,28)29)10-32-25(34-22)33-18-11-31-21(7-16(18)13-2-3-13)36-12-14-6-15(36)9-30-14/h7-8,10-11,13-15,30H,2-6,9,12H2,1H3,(H,32,33,34). The van der Waals surface area contributed by atoms with E-state index in [1.807, 2.05) is 0 Å². The van der Waals surface area contributed by atoms with Crippen molar-refractivity contribution in [2.24, 2.45) is 0 Å². The first kappa shape index (κ1) is 25.1. The molecule has 1 aliphatic carbocycles. The Balaban J connectivity index is 1.23. The fraction of sp³-hybridized carbons (Fsp3) is 0.462. The Bertz CT molecular complexity index is 1460. The SMILES string of the molecule is CN1CCSc2cc(-c3nc(Nc4cnc(N5CC6CC5CN6)cc4C4CC4)ncc3C(F)(F)F)sc2C1=O. The van der Waals surface area contributed by atoms with Crippen LogP contribution >= 0.6 is 23.1 Å². The van der Waals surface area contributed by atoms with Gasteiger partial charge in [0.05, 0.1) is 22.5 Å². The maximum absolute atomic E-state index is 14.0. The summed E-state index contributed by atoms with van der Waals surface area (Å²) in [4.78, 5) is 31.3. The van der Waals surface area contributed by atoms with Crippen LogP contribution in [0.5, 0.6) is 0 Å². The van der Waals surface area contributed by atoms with E-state index in [4.69, 9.17) is 4.98 Å². The van der Waals surface area contributed by atoms with Gasteiger partial charge in [-0.3, -0.25) is 4.79 Å². The molecular formula is C26H26F3N7OS2. The number of halogens is 3. The first-order valence-electron chi connectivity index (χ1n) is 13.0. The van der Waals surface area contributed by atoms with Crippen molar-refractivity contribution in [1.29, 1.82) is 0 Å². The van der Waals surface area contributed by atoms with Gasteiger partial charge in [0.2, 0.25) is 5.95 Å². The molecule has 1 saturated carbocycles. The average Bonchev–Trinajstić information content (AvgIpc) is 3.36. The largest absolute Gasteiger partial charge is 0.420 e. The van der Waals surface area contributed by atoms with Gasteiger partial charge in [0.25, 0.3) is 5.91 Å². The number of thiophene rings is 1. The van der Waals surface area contributed by atoms with E-state index in [0.29, 0.717) is 50.6 Å². The Morgan fingerprint density at radius 3 is 2.74 bits per heavy atom. The lowest BCUT2D eigenvalue weighted by atomic mass is 10.1. The Kier molecular flexibility index (Phi) is 6.01. The molecule has 2 unspecified atom stereocenters. The molecule has 8 nitrogen and oxygen atoms in total. The maximum atomic E-state index is 14.0. The van der Waals surface area contributed by atoms with Crippen molar-refractivity contribution in [2.45, 2.75) is 48.3 Å². The molecule has 1 amide bonds. The van der Waals surface area contributed by atoms with E-state index in [1.165, 1.54) is 11.8 Å². The van der Waals surface area contributed by atoms with Gasteiger partial charge in [-0.15, -0.1) is 23.1 Å². The third-order valence-electron chi connectivity index (χ3n) is 7.79. The molecule has 6 heterocycles. The summed E-state index contributed by atoms with van der Waals surface area (Å²) in [7, 11) is 1.70. The number of fused-ring (bicyclic) bond motifs is 3. The highest BCUT2D eigenvalue weighted by atomic mass is 32.2. The molecule has 3 aliphatic heterocycles. The van der Waals surface area contributed by atoms with Gasteiger partial charge in [-0.05, 0) is 42.9 Å². The Labute approximate surface area is 231 Å². The second-order valence-corrected chi connectivity index (χ2v) is 12.7. The van der Waals surface area contributed by atoms with Crippen molar-refractivity contribution in [2.75, 3.05) is 42.7 Å². The number of hydrogen-bond donors (Lipinski definition) is 2. The summed E-state index contributed by atoms with van der Waals surface area (Å²) in [6.07, 6.45) is 1.17. The number of piperazine rings is 1. The van der Waals surface area contributed by atoms with Gasteiger partial charge in [0.15, 0.2) is 0 Å². The molecule has 3 aromatic heterocycles. The highest BCUT2D eigenvalue weighted by molar-refractivity contribution is 7.99. The van der Waals surface area contributed by atoms with Crippen LogP contribution in [-0.2, 0) is 6.18 Å². The van der Waals surface area contributed by atoms with Crippen molar-refractivity contribution in [3.05, 3.63) is 40.5 Å². The number of anilines is 3. The minimum absolute atomic E-state index is 0.0681. The number of pyridine rings is 1. The molecule has 4 aliphatic rings. The molecule has 7 rings (SSSR count). The summed E-state index contributed by atoms with van der Waals surface area (Å²) in [6, 6.07) is 4.70. The molecule has 0 radical (unpaired) electrons. The number of carbonyl (C=O) groups is 1. The van der Waals surface area contributed by atoms with Crippen LogP contribution in [0.1, 0.15) is 46.0 Å². The summed E-state index contributed by atoms with van der Waals surface area (Å²) in [5.41, 5.74) is 0.647. The van der Waals surface area contributed by atoms with Crippen LogP contribution in [0.25, 0.3) is 10.6 Å².